The fourth-order valence-electron chi connectivity index (χ4n) is 2.70. The van der Waals surface area contributed by atoms with Gasteiger partial charge in [0, 0.05) is 18.2 Å². The maximum absolute atomic E-state index is 12.5. The minimum atomic E-state index is -0.394. The molecule has 8 nitrogen and oxygen atoms in total. The number of ether oxygens (including phenoxy) is 2. The molecule has 0 bridgehead atoms. The molecule has 1 aromatic rings. The van der Waals surface area contributed by atoms with E-state index in [1.54, 1.807) is 18.6 Å². The molecule has 0 aromatic carbocycles. The highest BCUT2D eigenvalue weighted by Gasteiger charge is 2.16. The number of hydrazine groups is 1. The van der Waals surface area contributed by atoms with E-state index in [4.69, 9.17) is 15.3 Å². The van der Waals surface area contributed by atoms with E-state index in [2.05, 4.69) is 26.8 Å². The molecule has 28 heavy (non-hydrogen) atoms. The number of rotatable bonds is 4. The number of aromatic nitrogens is 1. The van der Waals surface area contributed by atoms with E-state index in [-0.39, 0.29) is 5.96 Å². The zero-order chi connectivity index (χ0) is 20.1. The van der Waals surface area contributed by atoms with Crippen LogP contribution in [0.3, 0.4) is 0 Å². The Labute approximate surface area is 167 Å². The Bertz CT molecular complexity index is 914. The van der Waals surface area contributed by atoms with Gasteiger partial charge in [0.2, 0.25) is 5.96 Å². The average Bonchev–Trinajstić information content (AvgIpc) is 3.43. The summed E-state index contributed by atoms with van der Waals surface area (Å²) in [6.07, 6.45) is 7.08. The molecule has 0 saturated heterocycles. The number of aliphatic imine (C=N–C) groups is 1. The summed E-state index contributed by atoms with van der Waals surface area (Å²) < 4.78 is 10.8. The van der Waals surface area contributed by atoms with Crippen LogP contribution in [0.15, 0.2) is 51.6 Å². The molecule has 2 aliphatic heterocycles. The summed E-state index contributed by atoms with van der Waals surface area (Å²) in [7, 11) is 0. The Morgan fingerprint density at radius 2 is 2.25 bits per heavy atom. The molecule has 1 amide bonds. The van der Waals surface area contributed by atoms with Gasteiger partial charge in [-0.3, -0.25) is 15.5 Å². The lowest BCUT2D eigenvalue weighted by Gasteiger charge is -2.08. The Kier molecular flexibility index (Phi) is 6.27. The lowest BCUT2D eigenvalue weighted by atomic mass is 10.1. The second-order valence-electron chi connectivity index (χ2n) is 6.31. The van der Waals surface area contributed by atoms with Crippen LogP contribution in [0, 0.1) is 0 Å². The monoisotopic (exact) mass is 401 g/mol. The maximum Gasteiger partial charge on any atom is 0.277 e. The molecule has 0 fully saturated rings. The highest BCUT2D eigenvalue weighted by Crippen LogP contribution is 2.26. The number of carbonyl (C=O) groups is 1. The highest BCUT2D eigenvalue weighted by molar-refractivity contribution is 7.11. The summed E-state index contributed by atoms with van der Waals surface area (Å²) in [5, 5.41) is 5.11. The van der Waals surface area contributed by atoms with Gasteiger partial charge < -0.3 is 9.47 Å². The molecule has 3 heterocycles. The van der Waals surface area contributed by atoms with E-state index in [1.807, 2.05) is 19.9 Å². The molecule has 148 valence electrons. The predicted molar refractivity (Wildman–Crippen MR) is 109 cm³/mol. The SMILES string of the molecule is CC1=C(/C=C(\C)c2nc(C(=O)NC(=N/C(C)=C3\CC=CO3)NN)cs2)CCO1. The van der Waals surface area contributed by atoms with E-state index >= 15 is 0 Å². The van der Waals surface area contributed by atoms with Gasteiger partial charge in [0.05, 0.1) is 24.3 Å². The highest BCUT2D eigenvalue weighted by atomic mass is 32.1. The van der Waals surface area contributed by atoms with Crippen LogP contribution in [0.4, 0.5) is 0 Å². The molecule has 2 aliphatic rings. The number of thiazole rings is 1. The molecular weight excluding hydrogens is 378 g/mol. The summed E-state index contributed by atoms with van der Waals surface area (Å²) in [6, 6.07) is 0. The maximum atomic E-state index is 12.5. The molecule has 0 aliphatic carbocycles. The Morgan fingerprint density at radius 3 is 2.89 bits per heavy atom. The molecule has 3 rings (SSSR count). The van der Waals surface area contributed by atoms with Crippen molar-refractivity contribution in [3.05, 3.63) is 57.3 Å². The van der Waals surface area contributed by atoms with Gasteiger partial charge in [-0.15, -0.1) is 11.3 Å². The number of guanidine groups is 1. The van der Waals surface area contributed by atoms with Crippen LogP contribution < -0.4 is 16.6 Å². The third-order valence-corrected chi connectivity index (χ3v) is 5.25. The van der Waals surface area contributed by atoms with Crippen molar-refractivity contribution < 1.29 is 14.3 Å². The topological polar surface area (TPSA) is 111 Å². The van der Waals surface area contributed by atoms with E-state index in [9.17, 15) is 4.79 Å². The number of nitrogens with zero attached hydrogens (tertiary/aromatic N) is 2. The smallest absolute Gasteiger partial charge is 0.277 e. The van der Waals surface area contributed by atoms with Crippen LogP contribution in [-0.2, 0) is 9.47 Å². The molecular formula is C19H23N5O3S. The first-order valence-electron chi connectivity index (χ1n) is 8.82. The van der Waals surface area contributed by atoms with E-state index in [0.717, 1.165) is 28.3 Å². The van der Waals surface area contributed by atoms with Gasteiger partial charge in [-0.1, -0.05) is 0 Å². The largest absolute Gasteiger partial charge is 0.498 e. The first kappa shape index (κ1) is 19.8. The van der Waals surface area contributed by atoms with Crippen molar-refractivity contribution in [2.45, 2.75) is 33.6 Å². The number of hydrogen-bond acceptors (Lipinski definition) is 7. The Balaban J connectivity index is 1.70. The van der Waals surface area contributed by atoms with Crippen molar-refractivity contribution >= 4 is 28.8 Å². The summed E-state index contributed by atoms with van der Waals surface area (Å²) in [5.74, 6) is 6.86. The van der Waals surface area contributed by atoms with Crippen LogP contribution >= 0.6 is 11.3 Å². The van der Waals surface area contributed by atoms with Gasteiger partial charge in [0.1, 0.15) is 16.5 Å². The fourth-order valence-corrected chi connectivity index (χ4v) is 3.48. The third-order valence-electron chi connectivity index (χ3n) is 4.27. The van der Waals surface area contributed by atoms with E-state index < -0.39 is 5.91 Å². The minimum absolute atomic E-state index is 0.121. The van der Waals surface area contributed by atoms with Crippen molar-refractivity contribution in [2.75, 3.05) is 6.61 Å². The Morgan fingerprint density at radius 1 is 1.43 bits per heavy atom. The first-order valence-corrected chi connectivity index (χ1v) is 9.70. The van der Waals surface area contributed by atoms with Crippen molar-refractivity contribution in [1.82, 2.24) is 15.7 Å². The number of carbonyl (C=O) groups excluding carboxylic acids is 1. The van der Waals surface area contributed by atoms with Crippen LogP contribution in [0.5, 0.6) is 0 Å². The zero-order valence-electron chi connectivity index (χ0n) is 16.0. The van der Waals surface area contributed by atoms with Crippen molar-refractivity contribution in [2.24, 2.45) is 10.8 Å². The van der Waals surface area contributed by atoms with E-state index in [0.29, 0.717) is 30.2 Å². The van der Waals surface area contributed by atoms with Gasteiger partial charge in [0.15, 0.2) is 0 Å². The van der Waals surface area contributed by atoms with Gasteiger partial charge in [-0.2, -0.15) is 0 Å². The first-order chi connectivity index (χ1) is 13.5. The molecule has 0 atom stereocenters. The summed E-state index contributed by atoms with van der Waals surface area (Å²) >= 11 is 1.41. The normalized spacial score (nSPS) is 18.9. The van der Waals surface area contributed by atoms with Crippen LogP contribution in [0.1, 0.15) is 49.1 Å². The zero-order valence-corrected chi connectivity index (χ0v) is 16.9. The lowest BCUT2D eigenvalue weighted by molar-refractivity contribution is 0.0971. The van der Waals surface area contributed by atoms with Crippen LogP contribution in [-0.4, -0.2) is 23.5 Å². The number of amides is 1. The Hall–Kier alpha value is -2.91. The minimum Gasteiger partial charge on any atom is -0.498 e. The fraction of sp³-hybridized carbons (Fsp3) is 0.316. The molecule has 0 saturated carbocycles. The average molecular weight is 401 g/mol. The molecule has 9 heteroatoms. The molecule has 0 radical (unpaired) electrons. The van der Waals surface area contributed by atoms with Crippen LogP contribution in [0.2, 0.25) is 0 Å². The van der Waals surface area contributed by atoms with Gasteiger partial charge >= 0.3 is 0 Å². The van der Waals surface area contributed by atoms with Crippen molar-refractivity contribution in [3.8, 4) is 0 Å². The summed E-state index contributed by atoms with van der Waals surface area (Å²) in [6.45, 7) is 6.42. The van der Waals surface area contributed by atoms with Crippen LogP contribution in [0.25, 0.3) is 5.57 Å². The molecule has 1 aromatic heterocycles. The number of nitrogens with one attached hydrogen (secondary N) is 2. The van der Waals surface area contributed by atoms with Gasteiger partial charge in [-0.25, -0.2) is 15.8 Å². The van der Waals surface area contributed by atoms with Gasteiger partial charge in [0.25, 0.3) is 5.91 Å². The van der Waals surface area contributed by atoms with Gasteiger partial charge in [-0.05, 0) is 44.1 Å². The summed E-state index contributed by atoms with van der Waals surface area (Å²) in [5.41, 5.74) is 5.46. The number of nitrogens with two attached hydrogens (primary N) is 1. The predicted octanol–water partition coefficient (Wildman–Crippen LogP) is 2.96. The quantitative estimate of drug-likeness (QED) is 0.310. The second-order valence-corrected chi connectivity index (χ2v) is 7.16. The molecule has 4 N–H and O–H groups in total. The molecule has 0 unspecified atom stereocenters. The standard InChI is InChI=1S/C19H23N5O3S/c1-11(9-14-6-8-26-13(14)3)18-22-15(10-28-18)17(25)23-19(24-20)21-12(2)16-5-4-7-27-16/h4,7,9-10H,5-6,8,20H2,1-3H3,(H2,21,23,24,25)/b11-9+,16-12+. The van der Waals surface area contributed by atoms with Crippen molar-refractivity contribution in [3.63, 3.8) is 0 Å². The molecule has 0 spiro atoms. The second kappa shape index (κ2) is 8.85. The number of hydrogen-bond donors (Lipinski definition) is 3. The van der Waals surface area contributed by atoms with E-state index in [1.165, 1.54) is 11.3 Å². The lowest BCUT2D eigenvalue weighted by Crippen LogP contribution is -2.44. The third kappa shape index (κ3) is 4.68. The van der Waals surface area contributed by atoms with Crippen molar-refractivity contribution in [1.29, 1.82) is 0 Å². The number of allylic oxidation sites excluding steroid dienone is 5. The summed E-state index contributed by atoms with van der Waals surface area (Å²) in [4.78, 5) is 21.2.